The largest absolute Gasteiger partial charge is 0.493 e. The zero-order chi connectivity index (χ0) is 17.7. The lowest BCUT2D eigenvalue weighted by Crippen LogP contribution is -2.20. The molecular formula is C18H29ClN4O2. The second kappa shape index (κ2) is 9.53. The Morgan fingerprint density at radius 3 is 2.44 bits per heavy atom. The third-order valence-corrected chi connectivity index (χ3v) is 4.08. The van der Waals surface area contributed by atoms with Crippen molar-refractivity contribution in [3.05, 3.63) is 35.0 Å². The summed E-state index contributed by atoms with van der Waals surface area (Å²) in [6.45, 7) is 3.75. The van der Waals surface area contributed by atoms with E-state index in [2.05, 4.69) is 28.3 Å². The van der Waals surface area contributed by atoms with Gasteiger partial charge in [-0.3, -0.25) is 4.68 Å². The maximum atomic E-state index is 5.35. The van der Waals surface area contributed by atoms with Crippen LogP contribution in [0.2, 0.25) is 0 Å². The number of halogens is 1. The first-order valence-electron chi connectivity index (χ1n) is 8.09. The Morgan fingerprint density at radius 2 is 1.84 bits per heavy atom. The van der Waals surface area contributed by atoms with Gasteiger partial charge in [-0.2, -0.15) is 5.10 Å². The van der Waals surface area contributed by atoms with Crippen molar-refractivity contribution in [2.45, 2.75) is 19.9 Å². The Morgan fingerprint density at radius 1 is 1.16 bits per heavy atom. The summed E-state index contributed by atoms with van der Waals surface area (Å²) in [6, 6.07) is 6.05. The van der Waals surface area contributed by atoms with Gasteiger partial charge in [-0.25, -0.2) is 0 Å². The molecule has 1 heterocycles. The molecule has 0 fully saturated rings. The number of aryl methyl sites for hydroxylation is 2. The third-order valence-electron chi connectivity index (χ3n) is 4.08. The fourth-order valence-electron chi connectivity index (χ4n) is 2.94. The molecular weight excluding hydrogens is 340 g/mol. The van der Waals surface area contributed by atoms with Crippen LogP contribution in [0, 0.1) is 6.92 Å². The van der Waals surface area contributed by atoms with Crippen molar-refractivity contribution < 1.29 is 9.47 Å². The van der Waals surface area contributed by atoms with Crippen LogP contribution >= 0.6 is 12.4 Å². The molecule has 0 unspecified atom stereocenters. The Kier molecular flexibility index (Phi) is 8.06. The fourth-order valence-corrected chi connectivity index (χ4v) is 2.94. The van der Waals surface area contributed by atoms with Crippen LogP contribution in [-0.4, -0.2) is 44.6 Å². The van der Waals surface area contributed by atoms with Crippen LogP contribution in [0.15, 0.2) is 18.2 Å². The molecule has 0 atom stereocenters. The molecule has 2 rings (SSSR count). The molecule has 0 radical (unpaired) electrons. The molecule has 1 aromatic heterocycles. The number of aromatic nitrogens is 2. The number of ether oxygens (including phenoxy) is 2. The van der Waals surface area contributed by atoms with Crippen molar-refractivity contribution in [2.24, 2.45) is 7.05 Å². The third kappa shape index (κ3) is 5.03. The number of anilines is 1. The minimum atomic E-state index is 0. The minimum Gasteiger partial charge on any atom is -0.493 e. The Labute approximate surface area is 156 Å². The zero-order valence-corrected chi connectivity index (χ0v) is 16.7. The van der Waals surface area contributed by atoms with Crippen molar-refractivity contribution in [3.63, 3.8) is 0 Å². The fraction of sp³-hybridized carbons (Fsp3) is 0.500. The second-order valence-electron chi connectivity index (χ2n) is 6.02. The molecule has 25 heavy (non-hydrogen) atoms. The molecule has 0 aliphatic rings. The highest BCUT2D eigenvalue weighted by molar-refractivity contribution is 5.85. The summed E-state index contributed by atoms with van der Waals surface area (Å²) < 4.78 is 12.6. The van der Waals surface area contributed by atoms with Crippen molar-refractivity contribution in [1.82, 2.24) is 15.1 Å². The molecule has 0 bridgehead atoms. The smallest absolute Gasteiger partial charge is 0.160 e. The van der Waals surface area contributed by atoms with Crippen LogP contribution in [-0.2, 0) is 20.0 Å². The number of benzene rings is 1. The quantitative estimate of drug-likeness (QED) is 0.726. The lowest BCUT2D eigenvalue weighted by atomic mass is 10.1. The van der Waals surface area contributed by atoms with E-state index in [0.29, 0.717) is 0 Å². The van der Waals surface area contributed by atoms with Crippen molar-refractivity contribution >= 4 is 18.2 Å². The molecule has 0 saturated heterocycles. The maximum absolute atomic E-state index is 5.35. The summed E-state index contributed by atoms with van der Waals surface area (Å²) in [6.07, 6.45) is 0.928. The molecule has 0 spiro atoms. The van der Waals surface area contributed by atoms with E-state index in [9.17, 15) is 0 Å². The number of nitrogens with one attached hydrogen (secondary N) is 1. The van der Waals surface area contributed by atoms with Gasteiger partial charge in [0.05, 0.1) is 19.9 Å². The van der Waals surface area contributed by atoms with Gasteiger partial charge in [0.25, 0.3) is 0 Å². The van der Waals surface area contributed by atoms with E-state index in [-0.39, 0.29) is 12.4 Å². The summed E-state index contributed by atoms with van der Waals surface area (Å²) in [5.74, 6) is 2.68. The minimum absolute atomic E-state index is 0. The van der Waals surface area contributed by atoms with E-state index in [1.54, 1.807) is 14.2 Å². The van der Waals surface area contributed by atoms with Gasteiger partial charge < -0.3 is 19.7 Å². The monoisotopic (exact) mass is 368 g/mol. The average Bonchev–Trinajstić information content (AvgIpc) is 2.85. The van der Waals surface area contributed by atoms with Crippen LogP contribution in [0.4, 0.5) is 5.82 Å². The van der Waals surface area contributed by atoms with E-state index in [1.165, 1.54) is 11.1 Å². The molecule has 6 nitrogen and oxygen atoms in total. The van der Waals surface area contributed by atoms with Gasteiger partial charge in [0.2, 0.25) is 0 Å². The number of rotatable bonds is 8. The summed E-state index contributed by atoms with van der Waals surface area (Å²) >= 11 is 0. The molecule has 0 amide bonds. The van der Waals surface area contributed by atoms with E-state index < -0.39 is 0 Å². The standard InChI is InChI=1S/C18H28N4O2.ClH/c1-13-15(18(21(2)3)22(4)20-13)12-19-10-9-14-7-8-16(23-5)17(11-14)24-6;/h7-8,11,19H,9-10,12H2,1-6H3;1H. The van der Waals surface area contributed by atoms with E-state index >= 15 is 0 Å². The highest BCUT2D eigenvalue weighted by Gasteiger charge is 2.14. The van der Waals surface area contributed by atoms with Gasteiger partial charge in [-0.15, -0.1) is 12.4 Å². The van der Waals surface area contributed by atoms with Crippen LogP contribution < -0.4 is 19.7 Å². The van der Waals surface area contributed by atoms with Crippen LogP contribution in [0.5, 0.6) is 11.5 Å². The van der Waals surface area contributed by atoms with Gasteiger partial charge >= 0.3 is 0 Å². The second-order valence-corrected chi connectivity index (χ2v) is 6.02. The zero-order valence-electron chi connectivity index (χ0n) is 15.9. The Balaban J connectivity index is 0.00000312. The molecule has 2 aromatic rings. The van der Waals surface area contributed by atoms with Crippen LogP contribution in [0.1, 0.15) is 16.8 Å². The molecule has 1 aromatic carbocycles. The molecule has 140 valence electrons. The summed E-state index contributed by atoms with van der Waals surface area (Å²) in [5, 5.41) is 8.03. The summed E-state index contributed by atoms with van der Waals surface area (Å²) in [7, 11) is 9.38. The Hall–Kier alpha value is -1.92. The lowest BCUT2D eigenvalue weighted by Gasteiger charge is -2.16. The topological polar surface area (TPSA) is 51.5 Å². The molecule has 0 aliphatic heterocycles. The number of methoxy groups -OCH3 is 2. The maximum Gasteiger partial charge on any atom is 0.160 e. The van der Waals surface area contributed by atoms with Gasteiger partial charge in [0.15, 0.2) is 11.5 Å². The highest BCUT2D eigenvalue weighted by atomic mass is 35.5. The predicted octanol–water partition coefficient (Wildman–Crippen LogP) is 2.57. The van der Waals surface area contributed by atoms with Crippen LogP contribution in [0.3, 0.4) is 0 Å². The van der Waals surface area contributed by atoms with Gasteiger partial charge in [0, 0.05) is 33.3 Å². The van der Waals surface area contributed by atoms with Crippen molar-refractivity contribution in [1.29, 1.82) is 0 Å². The normalized spacial score (nSPS) is 10.3. The first-order valence-corrected chi connectivity index (χ1v) is 8.09. The number of hydrogen-bond donors (Lipinski definition) is 1. The van der Waals surface area contributed by atoms with Gasteiger partial charge in [-0.05, 0) is 37.6 Å². The molecule has 7 heteroatoms. The van der Waals surface area contributed by atoms with Crippen molar-refractivity contribution in [3.8, 4) is 11.5 Å². The lowest BCUT2D eigenvalue weighted by molar-refractivity contribution is 0.354. The first kappa shape index (κ1) is 21.1. The predicted molar refractivity (Wildman–Crippen MR) is 104 cm³/mol. The average molecular weight is 369 g/mol. The summed E-state index contributed by atoms with van der Waals surface area (Å²) in [5.41, 5.74) is 3.53. The molecule has 0 saturated carbocycles. The van der Waals surface area contributed by atoms with E-state index in [0.717, 1.165) is 42.5 Å². The highest BCUT2D eigenvalue weighted by Crippen LogP contribution is 2.27. The SMILES string of the molecule is COc1ccc(CCNCc2c(C)nn(C)c2N(C)C)cc1OC.Cl. The van der Waals surface area contributed by atoms with Crippen LogP contribution in [0.25, 0.3) is 0 Å². The Bertz CT molecular complexity index is 686. The van der Waals surface area contributed by atoms with Crippen molar-refractivity contribution in [2.75, 3.05) is 39.8 Å². The number of nitrogens with zero attached hydrogens (tertiary/aromatic N) is 3. The van der Waals surface area contributed by atoms with E-state index in [4.69, 9.17) is 9.47 Å². The summed E-state index contributed by atoms with van der Waals surface area (Å²) in [4.78, 5) is 2.10. The van der Waals surface area contributed by atoms with Gasteiger partial charge in [0.1, 0.15) is 5.82 Å². The van der Waals surface area contributed by atoms with E-state index in [1.807, 2.05) is 38.0 Å². The number of hydrogen-bond acceptors (Lipinski definition) is 5. The molecule has 1 N–H and O–H groups in total. The first-order chi connectivity index (χ1) is 11.5. The molecule has 0 aliphatic carbocycles. The van der Waals surface area contributed by atoms with Gasteiger partial charge in [-0.1, -0.05) is 6.07 Å².